The average Bonchev–Trinajstić information content (AvgIpc) is 3.19. The lowest BCUT2D eigenvalue weighted by Crippen LogP contribution is -2.33. The van der Waals surface area contributed by atoms with E-state index in [1.807, 2.05) is 19.1 Å². The summed E-state index contributed by atoms with van der Waals surface area (Å²) in [6.07, 6.45) is 6.37. The average molecular weight is 304 g/mol. The third-order valence-electron chi connectivity index (χ3n) is 3.79. The lowest BCUT2D eigenvalue weighted by Gasteiger charge is -2.12. The highest BCUT2D eigenvalue weighted by Crippen LogP contribution is 2.25. The number of thiophene rings is 1. The number of allylic oxidation sites excluding steroid dienone is 2. The van der Waals surface area contributed by atoms with Gasteiger partial charge in [0.25, 0.3) is 5.91 Å². The predicted octanol–water partition coefficient (Wildman–Crippen LogP) is 3.19. The summed E-state index contributed by atoms with van der Waals surface area (Å²) in [5.74, 6) is -0.0154. The van der Waals surface area contributed by atoms with Crippen molar-refractivity contribution in [1.82, 2.24) is 9.88 Å². The molecule has 1 aliphatic rings. The van der Waals surface area contributed by atoms with E-state index in [9.17, 15) is 4.79 Å². The van der Waals surface area contributed by atoms with Gasteiger partial charge in [0.05, 0.1) is 16.3 Å². The summed E-state index contributed by atoms with van der Waals surface area (Å²) >= 11 is 1.67. The summed E-state index contributed by atoms with van der Waals surface area (Å²) in [6, 6.07) is 4.05. The molecular weight excluding hydrogens is 284 g/mol. The molecule has 1 saturated heterocycles. The molecule has 1 N–H and O–H groups in total. The van der Waals surface area contributed by atoms with Crippen LogP contribution in [0.2, 0.25) is 0 Å². The first-order valence-electron chi connectivity index (χ1n) is 7.37. The number of fused-ring (bicyclic) bond motifs is 1. The Morgan fingerprint density at radius 2 is 2.52 bits per heavy atom. The van der Waals surface area contributed by atoms with E-state index in [0.717, 1.165) is 41.9 Å². The first-order valence-corrected chi connectivity index (χ1v) is 8.25. The normalized spacial score (nSPS) is 18.8. The minimum absolute atomic E-state index is 0.0154. The van der Waals surface area contributed by atoms with Gasteiger partial charge in [-0.05, 0) is 37.3 Å². The molecular formula is C16H20N2O2S. The van der Waals surface area contributed by atoms with Crippen LogP contribution in [0, 0.1) is 0 Å². The van der Waals surface area contributed by atoms with Crippen molar-refractivity contribution in [1.29, 1.82) is 0 Å². The number of hydrogen-bond donors (Lipinski definition) is 1. The standard InChI is InChI=1S/C16H20N2O2S/c1-2-3-7-18-13-6-9-21-15(13)10-14(18)16(19)17-11-12-5-4-8-20-12/h2-3,6,9-10,12H,4-5,7-8,11H2,1H3,(H,17,19)/b3-2+/t12-/m0/s1. The van der Waals surface area contributed by atoms with Crippen molar-refractivity contribution >= 4 is 27.5 Å². The van der Waals surface area contributed by atoms with E-state index < -0.39 is 0 Å². The predicted molar refractivity (Wildman–Crippen MR) is 85.9 cm³/mol. The molecule has 112 valence electrons. The van der Waals surface area contributed by atoms with Crippen molar-refractivity contribution < 1.29 is 9.53 Å². The number of ether oxygens (including phenoxy) is 1. The fraction of sp³-hybridized carbons (Fsp3) is 0.438. The van der Waals surface area contributed by atoms with Gasteiger partial charge in [-0.25, -0.2) is 0 Å². The second-order valence-electron chi connectivity index (χ2n) is 5.22. The maximum atomic E-state index is 12.4. The fourth-order valence-corrected chi connectivity index (χ4v) is 3.50. The van der Waals surface area contributed by atoms with Crippen LogP contribution in [0.3, 0.4) is 0 Å². The summed E-state index contributed by atoms with van der Waals surface area (Å²) in [7, 11) is 0. The fourth-order valence-electron chi connectivity index (χ4n) is 2.68. The zero-order valence-corrected chi connectivity index (χ0v) is 13.0. The van der Waals surface area contributed by atoms with Crippen LogP contribution in [0.5, 0.6) is 0 Å². The van der Waals surface area contributed by atoms with E-state index in [1.54, 1.807) is 11.3 Å². The highest BCUT2D eigenvalue weighted by molar-refractivity contribution is 7.17. The van der Waals surface area contributed by atoms with E-state index in [2.05, 4.69) is 27.4 Å². The summed E-state index contributed by atoms with van der Waals surface area (Å²) in [4.78, 5) is 12.4. The zero-order chi connectivity index (χ0) is 14.7. The summed E-state index contributed by atoms with van der Waals surface area (Å²) < 4.78 is 8.77. The number of amides is 1. The van der Waals surface area contributed by atoms with Crippen LogP contribution < -0.4 is 5.32 Å². The van der Waals surface area contributed by atoms with Gasteiger partial charge in [0, 0.05) is 19.7 Å². The van der Waals surface area contributed by atoms with E-state index in [0.29, 0.717) is 6.54 Å². The lowest BCUT2D eigenvalue weighted by atomic mass is 10.2. The highest BCUT2D eigenvalue weighted by Gasteiger charge is 2.19. The number of aromatic nitrogens is 1. The van der Waals surface area contributed by atoms with Crippen molar-refractivity contribution in [2.45, 2.75) is 32.4 Å². The Morgan fingerprint density at radius 3 is 3.29 bits per heavy atom. The molecule has 0 radical (unpaired) electrons. The molecule has 4 nitrogen and oxygen atoms in total. The quantitative estimate of drug-likeness (QED) is 0.862. The van der Waals surface area contributed by atoms with E-state index >= 15 is 0 Å². The van der Waals surface area contributed by atoms with Crippen molar-refractivity contribution in [3.05, 3.63) is 35.4 Å². The number of rotatable bonds is 5. The first-order chi connectivity index (χ1) is 10.3. The van der Waals surface area contributed by atoms with Crippen molar-refractivity contribution in [3.8, 4) is 0 Å². The van der Waals surface area contributed by atoms with Crippen molar-refractivity contribution in [3.63, 3.8) is 0 Å². The molecule has 0 bridgehead atoms. The number of carbonyl (C=O) groups is 1. The summed E-state index contributed by atoms with van der Waals surface area (Å²) in [5, 5.41) is 5.06. The molecule has 5 heteroatoms. The van der Waals surface area contributed by atoms with Crippen molar-refractivity contribution in [2.24, 2.45) is 0 Å². The Kier molecular flexibility index (Phi) is 4.41. The number of carbonyl (C=O) groups excluding carboxylic acids is 1. The van der Waals surface area contributed by atoms with Gasteiger partial charge in [-0.2, -0.15) is 0 Å². The Labute approximate surface area is 128 Å². The lowest BCUT2D eigenvalue weighted by molar-refractivity contribution is 0.0851. The van der Waals surface area contributed by atoms with Crippen molar-refractivity contribution in [2.75, 3.05) is 13.2 Å². The van der Waals surface area contributed by atoms with Crippen LogP contribution in [-0.4, -0.2) is 29.7 Å². The van der Waals surface area contributed by atoms with Gasteiger partial charge >= 0.3 is 0 Å². The van der Waals surface area contributed by atoms with Crippen LogP contribution in [-0.2, 0) is 11.3 Å². The smallest absolute Gasteiger partial charge is 0.268 e. The molecule has 0 aromatic carbocycles. The Hall–Kier alpha value is -1.59. The molecule has 0 aliphatic carbocycles. The molecule has 2 aromatic rings. The Morgan fingerprint density at radius 1 is 1.62 bits per heavy atom. The van der Waals surface area contributed by atoms with E-state index in [-0.39, 0.29) is 12.0 Å². The SMILES string of the molecule is C/C=C/Cn1c(C(=O)NC[C@@H]2CCCO2)cc2sccc21. The second-order valence-corrected chi connectivity index (χ2v) is 6.17. The molecule has 1 aliphatic heterocycles. The van der Waals surface area contributed by atoms with Gasteiger partial charge < -0.3 is 14.6 Å². The number of nitrogens with zero attached hydrogens (tertiary/aromatic N) is 1. The van der Waals surface area contributed by atoms with Crippen LogP contribution in [0.1, 0.15) is 30.3 Å². The molecule has 21 heavy (non-hydrogen) atoms. The maximum Gasteiger partial charge on any atom is 0.268 e. The minimum atomic E-state index is -0.0154. The molecule has 1 amide bonds. The molecule has 1 fully saturated rings. The third-order valence-corrected chi connectivity index (χ3v) is 4.65. The van der Waals surface area contributed by atoms with Gasteiger partial charge in [0.15, 0.2) is 0 Å². The molecule has 2 aromatic heterocycles. The first kappa shape index (κ1) is 14.4. The highest BCUT2D eigenvalue weighted by atomic mass is 32.1. The largest absolute Gasteiger partial charge is 0.376 e. The molecule has 1 atom stereocenters. The molecule has 0 saturated carbocycles. The summed E-state index contributed by atoms with van der Waals surface area (Å²) in [6.45, 7) is 4.13. The third kappa shape index (κ3) is 3.04. The van der Waals surface area contributed by atoms with E-state index in [4.69, 9.17) is 4.74 Å². The number of hydrogen-bond acceptors (Lipinski definition) is 3. The van der Waals surface area contributed by atoms with Crippen LogP contribution in [0.4, 0.5) is 0 Å². The monoisotopic (exact) mass is 304 g/mol. The van der Waals surface area contributed by atoms with Crippen LogP contribution in [0.15, 0.2) is 29.7 Å². The van der Waals surface area contributed by atoms with Gasteiger partial charge in [0.1, 0.15) is 5.69 Å². The maximum absolute atomic E-state index is 12.4. The second kappa shape index (κ2) is 6.45. The van der Waals surface area contributed by atoms with Gasteiger partial charge in [-0.15, -0.1) is 11.3 Å². The topological polar surface area (TPSA) is 43.3 Å². The molecule has 0 spiro atoms. The Bertz CT molecular complexity index is 650. The van der Waals surface area contributed by atoms with Crippen LogP contribution >= 0.6 is 11.3 Å². The minimum Gasteiger partial charge on any atom is -0.376 e. The Balaban J connectivity index is 1.77. The molecule has 3 heterocycles. The molecule has 3 rings (SSSR count). The molecule has 0 unspecified atom stereocenters. The van der Waals surface area contributed by atoms with E-state index in [1.165, 1.54) is 0 Å². The van der Waals surface area contributed by atoms with Gasteiger partial charge in [-0.1, -0.05) is 12.2 Å². The number of nitrogens with one attached hydrogen (secondary N) is 1. The van der Waals surface area contributed by atoms with Gasteiger partial charge in [0.2, 0.25) is 0 Å². The van der Waals surface area contributed by atoms with Crippen LogP contribution in [0.25, 0.3) is 10.2 Å². The zero-order valence-electron chi connectivity index (χ0n) is 12.2. The van der Waals surface area contributed by atoms with Gasteiger partial charge in [-0.3, -0.25) is 4.79 Å². The summed E-state index contributed by atoms with van der Waals surface area (Å²) in [5.41, 5.74) is 1.85.